The molecule has 3 rings (SSSR count). The van der Waals surface area contributed by atoms with E-state index in [0.29, 0.717) is 31.1 Å². The maximum absolute atomic E-state index is 13.2. The summed E-state index contributed by atoms with van der Waals surface area (Å²) in [7, 11) is 3.94. The maximum atomic E-state index is 13.2. The van der Waals surface area contributed by atoms with Gasteiger partial charge < -0.3 is 19.6 Å². The summed E-state index contributed by atoms with van der Waals surface area (Å²) in [4.78, 5) is 29.8. The topological polar surface area (TPSA) is 70.1 Å². The second kappa shape index (κ2) is 11.2. The Labute approximate surface area is 210 Å². The van der Waals surface area contributed by atoms with Crippen LogP contribution in [0.5, 0.6) is 5.75 Å². The molecule has 1 saturated heterocycles. The van der Waals surface area contributed by atoms with Crippen LogP contribution in [0.1, 0.15) is 43.0 Å². The molecule has 0 unspecified atom stereocenters. The van der Waals surface area contributed by atoms with Crippen LogP contribution in [0.2, 0.25) is 0 Å². The highest BCUT2D eigenvalue weighted by Gasteiger charge is 2.45. The first-order valence-corrected chi connectivity index (χ1v) is 12.3. The number of ether oxygens (including phenoxy) is 1. The summed E-state index contributed by atoms with van der Waals surface area (Å²) in [6.45, 7) is 7.85. The molecule has 6 nitrogen and oxygen atoms in total. The van der Waals surface area contributed by atoms with Crippen molar-refractivity contribution >= 4 is 33.4 Å². The number of likely N-dealkylation sites (tertiary alicyclic amines) is 1. The zero-order valence-corrected chi connectivity index (χ0v) is 22.1. The molecule has 1 N–H and O–H groups in total. The Morgan fingerprint density at radius 1 is 1.18 bits per heavy atom. The zero-order chi connectivity index (χ0) is 25.0. The van der Waals surface area contributed by atoms with E-state index in [1.165, 1.54) is 0 Å². The molecule has 0 radical (unpaired) electrons. The van der Waals surface area contributed by atoms with Crippen LogP contribution >= 0.6 is 15.9 Å². The Hall–Kier alpha value is -2.64. The number of carbonyl (C=O) groups excluding carboxylic acids is 2. The lowest BCUT2D eigenvalue weighted by molar-refractivity contribution is -0.139. The fourth-order valence-electron chi connectivity index (χ4n) is 4.06. The number of carbonyl (C=O) groups is 2. The van der Waals surface area contributed by atoms with E-state index in [1.807, 2.05) is 50.2 Å². The van der Waals surface area contributed by atoms with E-state index >= 15 is 0 Å². The van der Waals surface area contributed by atoms with Crippen molar-refractivity contribution in [2.75, 3.05) is 33.8 Å². The molecule has 34 heavy (non-hydrogen) atoms. The van der Waals surface area contributed by atoms with E-state index in [0.717, 1.165) is 27.9 Å². The molecule has 0 aromatic heterocycles. The van der Waals surface area contributed by atoms with E-state index in [1.54, 1.807) is 23.1 Å². The van der Waals surface area contributed by atoms with Crippen molar-refractivity contribution in [2.45, 2.75) is 33.2 Å². The minimum atomic E-state index is -0.662. The second-order valence-corrected chi connectivity index (χ2v) is 10.3. The second-order valence-electron chi connectivity index (χ2n) is 9.39. The van der Waals surface area contributed by atoms with Crippen LogP contribution in [-0.4, -0.2) is 60.4 Å². The number of nitrogens with zero attached hydrogens (tertiary/aromatic N) is 2. The third-order valence-corrected chi connectivity index (χ3v) is 6.22. The lowest BCUT2D eigenvalue weighted by Crippen LogP contribution is -2.32. The summed E-state index contributed by atoms with van der Waals surface area (Å²) >= 11 is 3.49. The molecule has 182 valence electrons. The summed E-state index contributed by atoms with van der Waals surface area (Å²) in [5, 5.41) is 11.3. The average molecular weight is 529 g/mol. The molecule has 1 aliphatic rings. The van der Waals surface area contributed by atoms with Crippen LogP contribution in [0, 0.1) is 12.8 Å². The number of aliphatic hydroxyl groups excluding tert-OH is 1. The number of Topliss-reactive ketones (excluding diaryl/α,β-unsaturated/α-hetero) is 1. The first-order chi connectivity index (χ1) is 16.1. The third-order valence-electron chi connectivity index (χ3n) is 5.73. The summed E-state index contributed by atoms with van der Waals surface area (Å²) in [6.07, 6.45) is 0.714. The normalized spacial score (nSPS) is 17.8. The van der Waals surface area contributed by atoms with Gasteiger partial charge in [-0.3, -0.25) is 9.59 Å². The predicted octanol–water partition coefficient (Wildman–Crippen LogP) is 5.17. The minimum Gasteiger partial charge on any atom is -0.507 e. The number of aliphatic hydroxyl groups is 1. The Balaban J connectivity index is 2.04. The highest BCUT2D eigenvalue weighted by Crippen LogP contribution is 2.40. The van der Waals surface area contributed by atoms with E-state index in [9.17, 15) is 14.7 Å². The van der Waals surface area contributed by atoms with E-state index in [2.05, 4.69) is 29.8 Å². The monoisotopic (exact) mass is 528 g/mol. The number of benzene rings is 2. The fourth-order valence-corrected chi connectivity index (χ4v) is 4.48. The molecule has 0 saturated carbocycles. The largest absolute Gasteiger partial charge is 0.507 e. The van der Waals surface area contributed by atoms with E-state index in [4.69, 9.17) is 4.74 Å². The van der Waals surface area contributed by atoms with Gasteiger partial charge in [0, 0.05) is 16.6 Å². The van der Waals surface area contributed by atoms with Gasteiger partial charge in [-0.15, -0.1) is 0 Å². The van der Waals surface area contributed by atoms with Gasteiger partial charge in [-0.2, -0.15) is 0 Å². The van der Waals surface area contributed by atoms with Crippen molar-refractivity contribution in [1.29, 1.82) is 0 Å². The molecule has 0 spiro atoms. The fraction of sp³-hybridized carbons (Fsp3) is 0.407. The van der Waals surface area contributed by atoms with Crippen molar-refractivity contribution in [3.8, 4) is 5.75 Å². The van der Waals surface area contributed by atoms with Gasteiger partial charge in [0.2, 0.25) is 0 Å². The summed E-state index contributed by atoms with van der Waals surface area (Å²) < 4.78 is 6.68. The number of halogens is 1. The molecule has 1 aliphatic heterocycles. The molecular formula is C27H33BrN2O4. The molecule has 2 aromatic carbocycles. The first kappa shape index (κ1) is 26.0. The van der Waals surface area contributed by atoms with Gasteiger partial charge in [-0.25, -0.2) is 0 Å². The Kier molecular flexibility index (Phi) is 8.55. The Bertz CT molecular complexity index is 1090. The quantitative estimate of drug-likeness (QED) is 0.276. The van der Waals surface area contributed by atoms with Gasteiger partial charge >= 0.3 is 0 Å². The molecule has 1 amide bonds. The van der Waals surface area contributed by atoms with Crippen molar-refractivity contribution in [2.24, 2.45) is 5.92 Å². The van der Waals surface area contributed by atoms with Crippen LogP contribution in [0.15, 0.2) is 52.5 Å². The van der Waals surface area contributed by atoms with Crippen LogP contribution in [0.4, 0.5) is 0 Å². The highest BCUT2D eigenvalue weighted by atomic mass is 79.9. The van der Waals surface area contributed by atoms with Gasteiger partial charge in [-0.1, -0.05) is 41.9 Å². The summed E-state index contributed by atoms with van der Waals surface area (Å²) in [5.74, 6) is -0.292. The summed E-state index contributed by atoms with van der Waals surface area (Å²) in [6, 6.07) is 12.2. The highest BCUT2D eigenvalue weighted by molar-refractivity contribution is 9.10. The van der Waals surface area contributed by atoms with Crippen molar-refractivity contribution < 1.29 is 19.4 Å². The molecule has 1 atom stereocenters. The molecule has 2 aromatic rings. The minimum absolute atomic E-state index is 0.114. The molecule has 0 bridgehead atoms. The van der Waals surface area contributed by atoms with Gasteiger partial charge in [0.15, 0.2) is 0 Å². The van der Waals surface area contributed by atoms with Crippen LogP contribution in [0.3, 0.4) is 0 Å². The van der Waals surface area contributed by atoms with Gasteiger partial charge in [0.05, 0.1) is 18.2 Å². The molecule has 1 fully saturated rings. The zero-order valence-electron chi connectivity index (χ0n) is 20.5. The van der Waals surface area contributed by atoms with Gasteiger partial charge in [-0.05, 0) is 81.4 Å². The van der Waals surface area contributed by atoms with Gasteiger partial charge in [0.1, 0.15) is 11.5 Å². The molecule has 7 heteroatoms. The number of amides is 1. The number of rotatable bonds is 9. The Morgan fingerprint density at radius 3 is 2.53 bits per heavy atom. The molecular weight excluding hydrogens is 496 g/mol. The molecule has 0 aliphatic carbocycles. The third kappa shape index (κ3) is 5.88. The van der Waals surface area contributed by atoms with Crippen molar-refractivity contribution in [3.05, 3.63) is 69.2 Å². The molecule has 1 heterocycles. The Morgan fingerprint density at radius 2 is 1.91 bits per heavy atom. The number of ketones is 1. The number of aryl methyl sites for hydroxylation is 1. The van der Waals surface area contributed by atoms with Crippen LogP contribution in [0.25, 0.3) is 5.76 Å². The van der Waals surface area contributed by atoms with Gasteiger partial charge in [0.25, 0.3) is 11.7 Å². The number of hydrogen-bond acceptors (Lipinski definition) is 5. The van der Waals surface area contributed by atoms with E-state index < -0.39 is 17.7 Å². The van der Waals surface area contributed by atoms with Crippen molar-refractivity contribution in [3.63, 3.8) is 0 Å². The van der Waals surface area contributed by atoms with Crippen LogP contribution < -0.4 is 4.74 Å². The average Bonchev–Trinajstić information content (AvgIpc) is 3.02. The lowest BCUT2D eigenvalue weighted by Gasteiger charge is -2.26. The SMILES string of the molecule is Cc1cc(/C(O)=C2\C(=O)C(=O)N(CCCN(C)C)[C@H]2c2cccc(Br)c2)ccc1OCC(C)C. The smallest absolute Gasteiger partial charge is 0.295 e. The standard InChI is InChI=1S/C27H33BrN2O4/c1-17(2)16-34-22-11-10-20(14-18(22)3)25(31)23-24(19-8-6-9-21(28)15-19)30(27(33)26(23)32)13-7-12-29(4)5/h6,8-11,14-15,17,24,31H,7,12-13,16H2,1-5H3/b25-23+/t24-/m0/s1. The van der Waals surface area contributed by atoms with Crippen molar-refractivity contribution in [1.82, 2.24) is 9.80 Å². The first-order valence-electron chi connectivity index (χ1n) is 11.5. The van der Waals surface area contributed by atoms with Crippen LogP contribution in [-0.2, 0) is 9.59 Å². The predicted molar refractivity (Wildman–Crippen MR) is 138 cm³/mol. The number of hydrogen-bond donors (Lipinski definition) is 1. The van der Waals surface area contributed by atoms with E-state index in [-0.39, 0.29) is 11.3 Å². The lowest BCUT2D eigenvalue weighted by atomic mass is 9.94. The summed E-state index contributed by atoms with van der Waals surface area (Å²) in [5.41, 5.74) is 2.22. The maximum Gasteiger partial charge on any atom is 0.295 e.